The summed E-state index contributed by atoms with van der Waals surface area (Å²) < 4.78 is 22.3. The third-order valence-electron chi connectivity index (χ3n) is 3.00. The lowest BCUT2D eigenvalue weighted by Gasteiger charge is -2.04. The quantitative estimate of drug-likeness (QED) is 0.829. The Morgan fingerprint density at radius 3 is 2.55 bits per heavy atom. The smallest absolute Gasteiger partial charge is 0.238 e. The Kier molecular flexibility index (Phi) is 5.28. The number of aryl methyl sites for hydroxylation is 2. The van der Waals surface area contributed by atoms with Crippen molar-refractivity contribution in [2.24, 2.45) is 5.14 Å². The maximum absolute atomic E-state index is 11.8. The molecule has 0 saturated heterocycles. The normalized spacial score (nSPS) is 11.4. The van der Waals surface area contributed by atoms with Gasteiger partial charge in [-0.15, -0.1) is 11.3 Å². The fourth-order valence-electron chi connectivity index (χ4n) is 1.85. The molecule has 0 fully saturated rings. The molecule has 0 atom stereocenters. The summed E-state index contributed by atoms with van der Waals surface area (Å²) in [5, 5.41) is 10.7. The van der Waals surface area contributed by atoms with Crippen LogP contribution in [0.2, 0.25) is 0 Å². The molecule has 0 saturated carbocycles. The van der Waals surface area contributed by atoms with Gasteiger partial charge in [-0.3, -0.25) is 4.79 Å². The van der Waals surface area contributed by atoms with Gasteiger partial charge in [-0.2, -0.15) is 0 Å². The summed E-state index contributed by atoms with van der Waals surface area (Å²) >= 11 is 1.52. The van der Waals surface area contributed by atoms with Crippen LogP contribution in [0.15, 0.2) is 34.5 Å². The molecule has 118 valence electrons. The minimum absolute atomic E-state index is 0.0663. The maximum Gasteiger partial charge on any atom is 0.238 e. The van der Waals surface area contributed by atoms with Gasteiger partial charge in [0.1, 0.15) is 5.01 Å². The molecule has 3 N–H and O–H groups in total. The number of benzene rings is 1. The van der Waals surface area contributed by atoms with E-state index in [-0.39, 0.29) is 10.8 Å². The van der Waals surface area contributed by atoms with Gasteiger partial charge in [0.15, 0.2) is 0 Å². The van der Waals surface area contributed by atoms with Crippen molar-refractivity contribution in [2.75, 3.05) is 0 Å². The molecule has 0 bridgehead atoms. The first-order valence-corrected chi connectivity index (χ1v) is 9.06. The van der Waals surface area contributed by atoms with Crippen LogP contribution in [-0.4, -0.2) is 19.3 Å². The molecule has 0 aliphatic rings. The van der Waals surface area contributed by atoms with Crippen molar-refractivity contribution >= 4 is 27.3 Å². The number of rotatable bonds is 6. The molecule has 1 aromatic carbocycles. The zero-order chi connectivity index (χ0) is 16.2. The number of nitrogens with two attached hydrogens (primary N) is 1. The van der Waals surface area contributed by atoms with Gasteiger partial charge in [0.25, 0.3) is 0 Å². The van der Waals surface area contributed by atoms with E-state index in [1.165, 1.54) is 23.5 Å². The molecule has 0 spiro atoms. The van der Waals surface area contributed by atoms with Crippen molar-refractivity contribution in [1.29, 1.82) is 0 Å². The molecule has 6 nitrogen and oxygen atoms in total. The molecule has 0 unspecified atom stereocenters. The number of primary sulfonamides is 1. The van der Waals surface area contributed by atoms with Crippen molar-refractivity contribution in [3.8, 4) is 0 Å². The monoisotopic (exact) mass is 339 g/mol. The molecule has 0 aliphatic heterocycles. The lowest BCUT2D eigenvalue weighted by atomic mass is 10.1. The molecule has 2 rings (SSSR count). The standard InChI is InChI=1S/C14H17N3O3S2/c1-10-9-21-14(17-10)8-16-13(18)7-4-11-2-5-12(6-3-11)22(15,19)20/h2-3,5-6,9H,4,7-8H2,1H3,(H,16,18)(H2,15,19,20). The Labute approximate surface area is 133 Å². The topological polar surface area (TPSA) is 102 Å². The molecule has 22 heavy (non-hydrogen) atoms. The molecule has 2 aromatic rings. The number of hydrogen-bond acceptors (Lipinski definition) is 5. The highest BCUT2D eigenvalue weighted by molar-refractivity contribution is 7.89. The van der Waals surface area contributed by atoms with Crippen LogP contribution in [-0.2, 0) is 27.8 Å². The molecule has 1 amide bonds. The van der Waals surface area contributed by atoms with E-state index in [0.29, 0.717) is 19.4 Å². The summed E-state index contributed by atoms with van der Waals surface area (Å²) in [6.45, 7) is 2.34. The lowest BCUT2D eigenvalue weighted by molar-refractivity contribution is -0.121. The lowest BCUT2D eigenvalue weighted by Crippen LogP contribution is -2.22. The molecular weight excluding hydrogens is 322 g/mol. The number of thiazole rings is 1. The molecule has 1 aromatic heterocycles. The van der Waals surface area contributed by atoms with Crippen molar-refractivity contribution in [2.45, 2.75) is 31.2 Å². The molecule has 0 aliphatic carbocycles. The molecule has 8 heteroatoms. The van der Waals surface area contributed by atoms with Crippen LogP contribution < -0.4 is 10.5 Å². The second kappa shape index (κ2) is 6.99. The van der Waals surface area contributed by atoms with Crippen LogP contribution >= 0.6 is 11.3 Å². The van der Waals surface area contributed by atoms with Crippen LogP contribution in [0.25, 0.3) is 0 Å². The third-order valence-corrected chi connectivity index (χ3v) is 4.89. The van der Waals surface area contributed by atoms with E-state index in [1.807, 2.05) is 12.3 Å². The Hall–Kier alpha value is -1.77. The predicted octanol–water partition coefficient (Wildman–Crippen LogP) is 1.35. The number of amides is 1. The highest BCUT2D eigenvalue weighted by Crippen LogP contribution is 2.11. The van der Waals surface area contributed by atoms with Gasteiger partial charge in [0.05, 0.1) is 11.4 Å². The van der Waals surface area contributed by atoms with Crippen molar-refractivity contribution in [3.05, 3.63) is 45.9 Å². The van der Waals surface area contributed by atoms with E-state index in [2.05, 4.69) is 10.3 Å². The van der Waals surface area contributed by atoms with Crippen LogP contribution in [0.1, 0.15) is 22.7 Å². The van der Waals surface area contributed by atoms with Gasteiger partial charge in [-0.05, 0) is 31.0 Å². The van der Waals surface area contributed by atoms with E-state index in [4.69, 9.17) is 5.14 Å². The Balaban J connectivity index is 1.81. The number of aromatic nitrogens is 1. The number of carbonyl (C=O) groups is 1. The van der Waals surface area contributed by atoms with Gasteiger partial charge in [-0.1, -0.05) is 12.1 Å². The van der Waals surface area contributed by atoms with E-state index in [9.17, 15) is 13.2 Å². The van der Waals surface area contributed by atoms with Crippen LogP contribution in [0, 0.1) is 6.92 Å². The average molecular weight is 339 g/mol. The Morgan fingerprint density at radius 1 is 1.32 bits per heavy atom. The van der Waals surface area contributed by atoms with Gasteiger partial charge in [0, 0.05) is 17.5 Å². The van der Waals surface area contributed by atoms with E-state index < -0.39 is 10.0 Å². The molecule has 1 heterocycles. The van der Waals surface area contributed by atoms with Gasteiger partial charge >= 0.3 is 0 Å². The summed E-state index contributed by atoms with van der Waals surface area (Å²) in [6, 6.07) is 6.22. The number of hydrogen-bond donors (Lipinski definition) is 2. The number of carbonyl (C=O) groups excluding carboxylic acids is 1. The van der Waals surface area contributed by atoms with Gasteiger partial charge in [0.2, 0.25) is 15.9 Å². The first-order valence-electron chi connectivity index (χ1n) is 6.64. The van der Waals surface area contributed by atoms with Crippen molar-refractivity contribution < 1.29 is 13.2 Å². The number of nitrogens with one attached hydrogen (secondary N) is 1. The van der Waals surface area contributed by atoms with Crippen LogP contribution in [0.4, 0.5) is 0 Å². The first-order chi connectivity index (χ1) is 10.3. The third kappa shape index (κ3) is 4.90. The summed E-state index contributed by atoms with van der Waals surface area (Å²) in [5.74, 6) is -0.0663. The zero-order valence-electron chi connectivity index (χ0n) is 12.1. The maximum atomic E-state index is 11.8. The number of sulfonamides is 1. The van der Waals surface area contributed by atoms with E-state index in [0.717, 1.165) is 16.3 Å². The zero-order valence-corrected chi connectivity index (χ0v) is 13.7. The average Bonchev–Trinajstić information content (AvgIpc) is 2.88. The summed E-state index contributed by atoms with van der Waals surface area (Å²) in [4.78, 5) is 16.1. The largest absolute Gasteiger partial charge is 0.350 e. The summed E-state index contributed by atoms with van der Waals surface area (Å²) in [5.41, 5.74) is 1.83. The van der Waals surface area contributed by atoms with Gasteiger partial charge in [-0.25, -0.2) is 18.5 Å². The number of nitrogens with zero attached hydrogens (tertiary/aromatic N) is 1. The van der Waals surface area contributed by atoms with E-state index >= 15 is 0 Å². The van der Waals surface area contributed by atoms with E-state index in [1.54, 1.807) is 12.1 Å². The first kappa shape index (κ1) is 16.6. The Morgan fingerprint density at radius 2 is 2.00 bits per heavy atom. The molecule has 0 radical (unpaired) electrons. The minimum atomic E-state index is -3.67. The highest BCUT2D eigenvalue weighted by atomic mass is 32.2. The van der Waals surface area contributed by atoms with Gasteiger partial charge < -0.3 is 5.32 Å². The minimum Gasteiger partial charge on any atom is -0.350 e. The second-order valence-electron chi connectivity index (χ2n) is 4.85. The highest BCUT2D eigenvalue weighted by Gasteiger charge is 2.08. The summed E-state index contributed by atoms with van der Waals surface area (Å²) in [6.07, 6.45) is 0.868. The second-order valence-corrected chi connectivity index (χ2v) is 7.35. The molecular formula is C14H17N3O3S2. The fourth-order valence-corrected chi connectivity index (χ4v) is 3.08. The van der Waals surface area contributed by atoms with Crippen LogP contribution in [0.3, 0.4) is 0 Å². The SMILES string of the molecule is Cc1csc(CNC(=O)CCc2ccc(S(N)(=O)=O)cc2)n1. The fraction of sp³-hybridized carbons (Fsp3) is 0.286. The predicted molar refractivity (Wildman–Crippen MR) is 84.8 cm³/mol. The Bertz CT molecular complexity index is 752. The summed E-state index contributed by atoms with van der Waals surface area (Å²) in [7, 11) is -3.67. The van der Waals surface area contributed by atoms with Crippen LogP contribution in [0.5, 0.6) is 0 Å². The van der Waals surface area contributed by atoms with Crippen molar-refractivity contribution in [1.82, 2.24) is 10.3 Å². The van der Waals surface area contributed by atoms with Crippen molar-refractivity contribution in [3.63, 3.8) is 0 Å².